The first-order valence-corrected chi connectivity index (χ1v) is 13.2. The van der Waals surface area contributed by atoms with E-state index in [9.17, 15) is 4.79 Å². The molecule has 0 aliphatic carbocycles. The van der Waals surface area contributed by atoms with Crippen LogP contribution in [0, 0.1) is 0 Å². The first-order chi connectivity index (χ1) is 17.7. The minimum Gasteiger partial charge on any atom is -0.487 e. The van der Waals surface area contributed by atoms with Crippen molar-refractivity contribution >= 4 is 23.1 Å². The van der Waals surface area contributed by atoms with E-state index in [1.54, 1.807) is 0 Å². The van der Waals surface area contributed by atoms with Crippen LogP contribution in [0.4, 0.5) is 17.2 Å². The lowest BCUT2D eigenvalue weighted by atomic mass is 9.90. The molecule has 0 saturated carbocycles. The molecule has 8 heteroatoms. The van der Waals surface area contributed by atoms with Gasteiger partial charge in [0.15, 0.2) is 0 Å². The van der Waals surface area contributed by atoms with Crippen molar-refractivity contribution in [1.29, 1.82) is 0 Å². The number of hydrogen-bond donors (Lipinski definition) is 2. The minimum absolute atomic E-state index is 0. The smallest absolute Gasteiger partial charge is 0.245 e. The average molecular weight is 494 g/mol. The third kappa shape index (κ3) is 5.65. The average Bonchev–Trinajstić information content (AvgIpc) is 3.42. The number of amides is 1. The number of carbonyl (C=O) groups is 1. The summed E-state index contributed by atoms with van der Waals surface area (Å²) in [5, 5.41) is 7.00. The Morgan fingerprint density at radius 3 is 2.64 bits per heavy atom. The predicted molar refractivity (Wildman–Crippen MR) is 144 cm³/mol. The fraction of sp³-hybridized carbons (Fsp3) is 0.500. The highest BCUT2D eigenvalue weighted by Crippen LogP contribution is 2.39. The molecular formula is C28H39N5O3. The summed E-state index contributed by atoms with van der Waals surface area (Å²) in [6.45, 7) is 11.3. The lowest BCUT2D eigenvalue weighted by Crippen LogP contribution is -2.37. The van der Waals surface area contributed by atoms with Crippen LogP contribution in [-0.4, -0.2) is 68.3 Å². The second-order valence-corrected chi connectivity index (χ2v) is 9.69. The maximum absolute atomic E-state index is 10.8. The Hall–Kier alpha value is -3.10. The van der Waals surface area contributed by atoms with Gasteiger partial charge in [-0.3, -0.25) is 4.79 Å². The van der Waals surface area contributed by atoms with Crippen LogP contribution in [0.1, 0.15) is 44.2 Å². The molecule has 2 aromatic rings. The standard InChI is InChI=1S/C21H26N4O2.C7H11NO.H2/c1-2-20-18(13-16(1)15-3-6-22-7-4-15)24-21-17(14-27-20)19(5-8-23-21)25-9-11-26-12-10-25;1-2-7(9)8-5-3-4-6-8;/h1-2,5,8,13,15,22H,3-4,6-7,9-12,14H2,(H,23,24);2H,1,3-6H2;1H. The number of likely N-dealkylation sites (tertiary alicyclic amines) is 1. The van der Waals surface area contributed by atoms with E-state index in [2.05, 4.69) is 51.4 Å². The lowest BCUT2D eigenvalue weighted by Gasteiger charge is -2.30. The summed E-state index contributed by atoms with van der Waals surface area (Å²) in [7, 11) is 0. The van der Waals surface area contributed by atoms with Crippen molar-refractivity contribution in [3.63, 3.8) is 0 Å². The van der Waals surface area contributed by atoms with Gasteiger partial charge in [0, 0.05) is 39.5 Å². The van der Waals surface area contributed by atoms with Gasteiger partial charge in [-0.25, -0.2) is 4.98 Å². The number of benzene rings is 1. The number of fused-ring (bicyclic) bond motifs is 2. The molecule has 1 aromatic carbocycles. The summed E-state index contributed by atoms with van der Waals surface area (Å²) in [6.07, 6.45) is 7.95. The monoisotopic (exact) mass is 493 g/mol. The summed E-state index contributed by atoms with van der Waals surface area (Å²) < 4.78 is 11.7. The van der Waals surface area contributed by atoms with Crippen LogP contribution >= 0.6 is 0 Å². The SMILES string of the molecule is C=CC(=O)N1CCCC1.[HH].c1cc(N2CCOCC2)c2c(n1)Nc1cc(C3CCNCC3)ccc1OC2. The quantitative estimate of drug-likeness (QED) is 0.624. The maximum Gasteiger partial charge on any atom is 0.245 e. The van der Waals surface area contributed by atoms with E-state index in [0.29, 0.717) is 12.5 Å². The Labute approximate surface area is 215 Å². The van der Waals surface area contributed by atoms with Gasteiger partial charge in [0.2, 0.25) is 5.91 Å². The van der Waals surface area contributed by atoms with E-state index in [1.165, 1.54) is 30.2 Å². The number of anilines is 3. The van der Waals surface area contributed by atoms with Crippen LogP contribution in [0.3, 0.4) is 0 Å². The Bertz CT molecular complexity index is 1060. The summed E-state index contributed by atoms with van der Waals surface area (Å²) in [5.74, 6) is 2.50. The van der Waals surface area contributed by atoms with Gasteiger partial charge in [-0.05, 0) is 74.5 Å². The van der Waals surface area contributed by atoms with Crippen molar-refractivity contribution in [3.05, 3.63) is 54.2 Å². The van der Waals surface area contributed by atoms with Crippen molar-refractivity contribution in [2.45, 2.75) is 38.2 Å². The molecular weight excluding hydrogens is 454 g/mol. The molecule has 0 radical (unpaired) electrons. The number of ether oxygens (including phenoxy) is 2. The van der Waals surface area contributed by atoms with Crippen LogP contribution in [-0.2, 0) is 16.1 Å². The molecule has 2 N–H and O–H groups in total. The predicted octanol–water partition coefficient (Wildman–Crippen LogP) is 4.06. The molecule has 0 atom stereocenters. The topological polar surface area (TPSA) is 79.0 Å². The van der Waals surface area contributed by atoms with Crippen LogP contribution in [0.15, 0.2) is 43.1 Å². The molecule has 4 aliphatic rings. The van der Waals surface area contributed by atoms with Crippen molar-refractivity contribution in [1.82, 2.24) is 15.2 Å². The molecule has 6 rings (SSSR count). The largest absolute Gasteiger partial charge is 0.487 e. The first-order valence-electron chi connectivity index (χ1n) is 13.2. The second-order valence-electron chi connectivity index (χ2n) is 9.69. The molecule has 3 fully saturated rings. The van der Waals surface area contributed by atoms with Crippen molar-refractivity contribution in [3.8, 4) is 5.75 Å². The number of nitrogens with zero attached hydrogens (tertiary/aromatic N) is 3. The molecule has 0 bridgehead atoms. The third-order valence-corrected chi connectivity index (χ3v) is 7.41. The van der Waals surface area contributed by atoms with Crippen LogP contribution < -0.4 is 20.3 Å². The molecule has 194 valence electrons. The van der Waals surface area contributed by atoms with Crippen LogP contribution in [0.25, 0.3) is 0 Å². The number of piperidine rings is 1. The number of morpholine rings is 1. The van der Waals surface area contributed by atoms with Gasteiger partial charge in [0.25, 0.3) is 0 Å². The van der Waals surface area contributed by atoms with Gasteiger partial charge in [0.1, 0.15) is 18.2 Å². The van der Waals surface area contributed by atoms with E-state index >= 15 is 0 Å². The van der Waals surface area contributed by atoms with Gasteiger partial charge in [0.05, 0.1) is 24.5 Å². The van der Waals surface area contributed by atoms with E-state index in [0.717, 1.165) is 88.1 Å². The summed E-state index contributed by atoms with van der Waals surface area (Å²) in [6, 6.07) is 8.68. The van der Waals surface area contributed by atoms with Gasteiger partial charge in [-0.1, -0.05) is 12.6 Å². The van der Waals surface area contributed by atoms with Crippen molar-refractivity contribution < 1.29 is 15.7 Å². The normalized spacial score (nSPS) is 19.6. The highest BCUT2D eigenvalue weighted by atomic mass is 16.5. The fourth-order valence-corrected chi connectivity index (χ4v) is 5.36. The van der Waals surface area contributed by atoms with Crippen LogP contribution in [0.2, 0.25) is 0 Å². The zero-order chi connectivity index (χ0) is 24.7. The highest BCUT2D eigenvalue weighted by Gasteiger charge is 2.23. The van der Waals surface area contributed by atoms with Gasteiger partial charge in [-0.2, -0.15) is 0 Å². The molecule has 8 nitrogen and oxygen atoms in total. The molecule has 1 amide bonds. The molecule has 0 unspecified atom stereocenters. The first kappa shape index (κ1) is 24.6. The van der Waals surface area contributed by atoms with E-state index < -0.39 is 0 Å². The maximum atomic E-state index is 10.8. The number of aromatic nitrogens is 1. The Morgan fingerprint density at radius 2 is 1.89 bits per heavy atom. The molecule has 3 saturated heterocycles. The fourth-order valence-electron chi connectivity index (χ4n) is 5.36. The zero-order valence-corrected chi connectivity index (χ0v) is 21.0. The highest BCUT2D eigenvalue weighted by molar-refractivity contribution is 5.87. The van der Waals surface area contributed by atoms with E-state index in [1.807, 2.05) is 11.1 Å². The number of hydrogen-bond acceptors (Lipinski definition) is 7. The minimum atomic E-state index is 0. The van der Waals surface area contributed by atoms with Gasteiger partial charge < -0.3 is 29.9 Å². The molecule has 4 aliphatic heterocycles. The second kappa shape index (κ2) is 11.8. The van der Waals surface area contributed by atoms with Crippen LogP contribution in [0.5, 0.6) is 5.75 Å². The molecule has 0 spiro atoms. The van der Waals surface area contributed by atoms with Gasteiger partial charge in [-0.15, -0.1) is 0 Å². The van der Waals surface area contributed by atoms with E-state index in [-0.39, 0.29) is 7.33 Å². The number of carbonyl (C=O) groups excluding carboxylic acids is 1. The molecule has 1 aromatic heterocycles. The lowest BCUT2D eigenvalue weighted by molar-refractivity contribution is -0.124. The number of pyridine rings is 1. The van der Waals surface area contributed by atoms with Crippen molar-refractivity contribution in [2.24, 2.45) is 0 Å². The molecule has 5 heterocycles. The van der Waals surface area contributed by atoms with Gasteiger partial charge >= 0.3 is 0 Å². The molecule has 36 heavy (non-hydrogen) atoms. The van der Waals surface area contributed by atoms with E-state index in [4.69, 9.17) is 9.47 Å². The summed E-state index contributed by atoms with van der Waals surface area (Å²) >= 11 is 0. The summed E-state index contributed by atoms with van der Waals surface area (Å²) in [4.78, 5) is 19.6. The summed E-state index contributed by atoms with van der Waals surface area (Å²) in [5.41, 5.74) is 4.73. The Kier molecular flexibility index (Phi) is 8.03. The third-order valence-electron chi connectivity index (χ3n) is 7.41. The Balaban J connectivity index is 0.000000274. The number of rotatable bonds is 3. The Morgan fingerprint density at radius 1 is 1.11 bits per heavy atom. The zero-order valence-electron chi connectivity index (χ0n) is 21.0. The number of nitrogens with one attached hydrogen (secondary N) is 2. The van der Waals surface area contributed by atoms with Crippen molar-refractivity contribution in [2.75, 3.05) is 62.7 Å².